The van der Waals surface area contributed by atoms with Crippen molar-refractivity contribution in [1.82, 2.24) is 29.7 Å². The minimum atomic E-state index is -0.869. The Hall–Kier alpha value is -1.45. The van der Waals surface area contributed by atoms with Gasteiger partial charge in [0.2, 0.25) is 11.2 Å². The molecule has 0 spiro atoms. The number of nitrogens with zero attached hydrogens (tertiary/aromatic N) is 6. The molecule has 0 bridgehead atoms. The Morgan fingerprint density at radius 1 is 1.45 bits per heavy atom. The summed E-state index contributed by atoms with van der Waals surface area (Å²) in [7, 11) is 0. The highest BCUT2D eigenvalue weighted by molar-refractivity contribution is 7.98. The van der Waals surface area contributed by atoms with Crippen molar-refractivity contribution < 1.29 is 5.11 Å². The van der Waals surface area contributed by atoms with Gasteiger partial charge in [0.25, 0.3) is 5.95 Å². The van der Waals surface area contributed by atoms with Gasteiger partial charge in [-0.05, 0) is 24.8 Å². The van der Waals surface area contributed by atoms with E-state index in [2.05, 4.69) is 30.4 Å². The predicted molar refractivity (Wildman–Crippen MR) is 77.2 cm³/mol. The van der Waals surface area contributed by atoms with Gasteiger partial charge < -0.3 is 10.4 Å². The van der Waals surface area contributed by atoms with Crippen molar-refractivity contribution >= 4 is 29.3 Å². The predicted octanol–water partition coefficient (Wildman–Crippen LogP) is 0.632. The molecule has 2 rings (SSSR count). The monoisotopic (exact) mass is 315 g/mol. The van der Waals surface area contributed by atoms with Crippen LogP contribution in [0.4, 0.5) is 5.95 Å². The Balaban J connectivity index is 2.13. The van der Waals surface area contributed by atoms with E-state index in [0.717, 1.165) is 0 Å². The Labute approximate surface area is 125 Å². The highest BCUT2D eigenvalue weighted by atomic mass is 35.5. The molecule has 10 heteroatoms. The first kappa shape index (κ1) is 14.9. The summed E-state index contributed by atoms with van der Waals surface area (Å²) in [5, 5.41) is 17.0. The molecular formula is C10H14ClN7OS. The van der Waals surface area contributed by atoms with Crippen molar-refractivity contribution in [2.24, 2.45) is 0 Å². The zero-order chi connectivity index (χ0) is 14.6. The van der Waals surface area contributed by atoms with Crippen molar-refractivity contribution in [2.45, 2.75) is 12.5 Å². The third-order valence-corrected chi connectivity index (χ3v) is 3.38. The van der Waals surface area contributed by atoms with Crippen LogP contribution in [0, 0.1) is 0 Å². The first-order chi connectivity index (χ1) is 9.50. The average Bonchev–Trinajstić information content (AvgIpc) is 2.90. The van der Waals surface area contributed by atoms with E-state index in [9.17, 15) is 5.11 Å². The van der Waals surface area contributed by atoms with Crippen LogP contribution in [0.1, 0.15) is 6.92 Å². The summed E-state index contributed by atoms with van der Waals surface area (Å²) in [6.45, 7) is 2.03. The first-order valence-corrected chi connectivity index (χ1v) is 7.49. The molecule has 0 aliphatic heterocycles. The van der Waals surface area contributed by atoms with Gasteiger partial charge in [0.1, 0.15) is 12.7 Å². The van der Waals surface area contributed by atoms with Gasteiger partial charge in [0, 0.05) is 12.3 Å². The molecule has 0 saturated heterocycles. The molecule has 108 valence electrons. The Kier molecular flexibility index (Phi) is 4.73. The van der Waals surface area contributed by atoms with Crippen LogP contribution in [0.2, 0.25) is 5.28 Å². The third kappa shape index (κ3) is 4.02. The van der Waals surface area contributed by atoms with E-state index in [0.29, 0.717) is 12.3 Å². The number of hydrogen-bond acceptors (Lipinski definition) is 8. The van der Waals surface area contributed by atoms with E-state index >= 15 is 0 Å². The van der Waals surface area contributed by atoms with Crippen LogP contribution >= 0.6 is 23.4 Å². The lowest BCUT2D eigenvalue weighted by molar-refractivity contribution is 0.0995. The quantitative estimate of drug-likeness (QED) is 0.800. The number of anilines is 1. The van der Waals surface area contributed by atoms with Crippen LogP contribution in [0.5, 0.6) is 0 Å². The normalized spacial score (nSPS) is 14.0. The molecule has 2 aromatic rings. The van der Waals surface area contributed by atoms with Crippen molar-refractivity contribution in [3.8, 4) is 5.95 Å². The summed E-state index contributed by atoms with van der Waals surface area (Å²) in [5.41, 5.74) is -0.869. The van der Waals surface area contributed by atoms with Crippen LogP contribution in [0.3, 0.4) is 0 Å². The van der Waals surface area contributed by atoms with Gasteiger partial charge in [0.05, 0.1) is 5.60 Å². The molecule has 0 radical (unpaired) electrons. The Bertz CT molecular complexity index is 563. The fourth-order valence-corrected chi connectivity index (χ4v) is 2.34. The van der Waals surface area contributed by atoms with Crippen LogP contribution in [-0.4, -0.2) is 59.0 Å². The fraction of sp³-hybridized carbons (Fsp3) is 0.500. The molecule has 0 fully saturated rings. The average molecular weight is 316 g/mol. The molecule has 1 atom stereocenters. The number of hydrogen-bond donors (Lipinski definition) is 2. The highest BCUT2D eigenvalue weighted by Crippen LogP contribution is 2.13. The van der Waals surface area contributed by atoms with E-state index in [1.807, 2.05) is 6.26 Å². The zero-order valence-electron chi connectivity index (χ0n) is 11.0. The molecule has 0 aliphatic carbocycles. The fourth-order valence-electron chi connectivity index (χ4n) is 1.46. The summed E-state index contributed by atoms with van der Waals surface area (Å²) in [4.78, 5) is 15.9. The second-order valence-corrected chi connectivity index (χ2v) is 5.56. The third-order valence-electron chi connectivity index (χ3n) is 2.30. The van der Waals surface area contributed by atoms with Gasteiger partial charge in [-0.2, -0.15) is 36.5 Å². The minimum absolute atomic E-state index is 0.0394. The summed E-state index contributed by atoms with van der Waals surface area (Å²) < 4.78 is 1.37. The van der Waals surface area contributed by atoms with Gasteiger partial charge >= 0.3 is 0 Å². The van der Waals surface area contributed by atoms with Crippen molar-refractivity contribution in [2.75, 3.05) is 23.9 Å². The van der Waals surface area contributed by atoms with Crippen LogP contribution in [0.15, 0.2) is 12.7 Å². The van der Waals surface area contributed by atoms with E-state index in [1.165, 1.54) is 17.3 Å². The standard InChI is InChI=1S/C10H14ClN7OS/c1-10(19,4-20-2)3-13-8-15-7(11)16-9(17-8)18-6-12-5-14-18/h5-6,19H,3-4H2,1-2H3,(H,13,15,16,17). The second kappa shape index (κ2) is 6.33. The molecule has 8 nitrogen and oxygen atoms in total. The summed E-state index contributed by atoms with van der Waals surface area (Å²) >= 11 is 7.40. The van der Waals surface area contributed by atoms with Crippen molar-refractivity contribution in [3.63, 3.8) is 0 Å². The lowest BCUT2D eigenvalue weighted by Gasteiger charge is -2.22. The minimum Gasteiger partial charge on any atom is -0.387 e. The van der Waals surface area contributed by atoms with Crippen LogP contribution in [-0.2, 0) is 0 Å². The number of thioether (sulfide) groups is 1. The molecule has 1 unspecified atom stereocenters. The van der Waals surface area contributed by atoms with Crippen LogP contribution in [0.25, 0.3) is 5.95 Å². The number of nitrogens with one attached hydrogen (secondary N) is 1. The largest absolute Gasteiger partial charge is 0.387 e. The number of aromatic nitrogens is 6. The second-order valence-electron chi connectivity index (χ2n) is 4.35. The number of halogens is 1. The topological polar surface area (TPSA) is 102 Å². The molecule has 0 saturated carbocycles. The lowest BCUT2D eigenvalue weighted by Crippen LogP contribution is -2.36. The van der Waals surface area contributed by atoms with Gasteiger partial charge in [-0.1, -0.05) is 0 Å². The highest BCUT2D eigenvalue weighted by Gasteiger charge is 2.20. The Morgan fingerprint density at radius 2 is 2.25 bits per heavy atom. The summed E-state index contributed by atoms with van der Waals surface area (Å²) in [6, 6.07) is 0. The van der Waals surface area contributed by atoms with E-state index in [-0.39, 0.29) is 17.2 Å². The molecule has 0 aromatic carbocycles. The Morgan fingerprint density at radius 3 is 2.90 bits per heavy atom. The van der Waals surface area contributed by atoms with E-state index < -0.39 is 5.60 Å². The van der Waals surface area contributed by atoms with E-state index in [4.69, 9.17) is 11.6 Å². The smallest absolute Gasteiger partial charge is 0.258 e. The zero-order valence-corrected chi connectivity index (χ0v) is 12.6. The van der Waals surface area contributed by atoms with Gasteiger partial charge in [-0.15, -0.1) is 0 Å². The molecule has 2 heterocycles. The van der Waals surface area contributed by atoms with Gasteiger partial charge in [0.15, 0.2) is 0 Å². The van der Waals surface area contributed by atoms with Crippen molar-refractivity contribution in [3.05, 3.63) is 17.9 Å². The molecule has 0 aliphatic rings. The maximum Gasteiger partial charge on any atom is 0.258 e. The van der Waals surface area contributed by atoms with Gasteiger partial charge in [-0.25, -0.2) is 4.98 Å². The molecule has 0 amide bonds. The summed E-state index contributed by atoms with van der Waals surface area (Å²) in [5.74, 6) is 1.13. The SMILES string of the molecule is CSCC(C)(O)CNc1nc(Cl)nc(-n2cncn2)n1. The molecule has 2 N–H and O–H groups in total. The molecule has 20 heavy (non-hydrogen) atoms. The summed E-state index contributed by atoms with van der Waals surface area (Å²) in [6.07, 6.45) is 4.75. The van der Waals surface area contributed by atoms with E-state index in [1.54, 1.807) is 18.7 Å². The maximum atomic E-state index is 10.1. The van der Waals surface area contributed by atoms with Gasteiger partial charge in [-0.3, -0.25) is 0 Å². The molecular weight excluding hydrogens is 302 g/mol. The molecule has 2 aromatic heterocycles. The number of rotatable bonds is 6. The maximum absolute atomic E-state index is 10.1. The lowest BCUT2D eigenvalue weighted by atomic mass is 10.1. The van der Waals surface area contributed by atoms with Crippen molar-refractivity contribution in [1.29, 1.82) is 0 Å². The van der Waals surface area contributed by atoms with Crippen LogP contribution < -0.4 is 5.32 Å². The number of aliphatic hydroxyl groups is 1. The first-order valence-electron chi connectivity index (χ1n) is 5.72.